The predicted molar refractivity (Wildman–Crippen MR) is 55.4 cm³/mol. The quantitative estimate of drug-likeness (QED) is 0.821. The van der Waals surface area contributed by atoms with Gasteiger partial charge in [0.25, 0.3) is 0 Å². The second kappa shape index (κ2) is 5.46. The van der Waals surface area contributed by atoms with Crippen LogP contribution in [0.4, 0.5) is 13.2 Å². The normalized spacial score (nSPS) is 30.3. The van der Waals surface area contributed by atoms with Crippen molar-refractivity contribution in [2.45, 2.75) is 30.9 Å². The summed E-state index contributed by atoms with van der Waals surface area (Å²) in [5, 5.41) is -0.295. The molecule has 1 heterocycles. The van der Waals surface area contributed by atoms with Crippen molar-refractivity contribution in [3.05, 3.63) is 0 Å². The zero-order chi connectivity index (χ0) is 12.3. The molecular weight excluding hydrogens is 243 g/mol. The van der Waals surface area contributed by atoms with Crippen LogP contribution in [0.3, 0.4) is 0 Å². The smallest absolute Gasteiger partial charge is 0.377 e. The maximum Gasteiger partial charge on any atom is 0.393 e. The Bertz CT molecular complexity index is 260. The molecule has 0 bridgehead atoms. The number of rotatable bonds is 4. The molecule has 7 heteroatoms. The second-order valence-corrected chi connectivity index (χ2v) is 5.63. The third-order valence-electron chi connectivity index (χ3n) is 2.76. The van der Waals surface area contributed by atoms with Crippen molar-refractivity contribution in [3.8, 4) is 0 Å². The molecule has 16 heavy (non-hydrogen) atoms. The molecule has 1 fully saturated rings. The van der Waals surface area contributed by atoms with E-state index in [0.29, 0.717) is 13.0 Å². The average molecular weight is 259 g/mol. The highest BCUT2D eigenvalue weighted by Crippen LogP contribution is 2.28. The minimum Gasteiger partial charge on any atom is -0.377 e. The molecule has 0 aromatic rings. The van der Waals surface area contributed by atoms with Crippen molar-refractivity contribution in [1.82, 2.24) is 0 Å². The standard InChI is InChI=1S/C9H16F3NO2S/c1-6-8(2-3-15-6)16(14)5-7(4-13)9(10,11)12/h6-8H,2-5,13H2,1H3. The average Bonchev–Trinajstić information content (AvgIpc) is 2.58. The van der Waals surface area contributed by atoms with Gasteiger partial charge in [0.1, 0.15) is 0 Å². The lowest BCUT2D eigenvalue weighted by molar-refractivity contribution is -0.165. The van der Waals surface area contributed by atoms with E-state index in [1.807, 2.05) is 0 Å². The van der Waals surface area contributed by atoms with Crippen LogP contribution < -0.4 is 5.73 Å². The third-order valence-corrected chi connectivity index (χ3v) is 4.78. The van der Waals surface area contributed by atoms with Crippen molar-refractivity contribution in [1.29, 1.82) is 0 Å². The first-order chi connectivity index (χ1) is 7.36. The van der Waals surface area contributed by atoms with Crippen LogP contribution in [0.25, 0.3) is 0 Å². The van der Waals surface area contributed by atoms with Gasteiger partial charge in [-0.2, -0.15) is 13.2 Å². The molecule has 0 radical (unpaired) electrons. The molecule has 3 nitrogen and oxygen atoms in total. The van der Waals surface area contributed by atoms with Crippen LogP contribution >= 0.6 is 0 Å². The summed E-state index contributed by atoms with van der Waals surface area (Å²) in [7, 11) is -1.53. The summed E-state index contributed by atoms with van der Waals surface area (Å²) in [6.07, 6.45) is -4.04. The summed E-state index contributed by atoms with van der Waals surface area (Å²) in [4.78, 5) is 0. The number of ether oxygens (including phenoxy) is 1. The molecule has 0 aliphatic carbocycles. The Labute approximate surface area is 95.0 Å². The van der Waals surface area contributed by atoms with Crippen molar-refractivity contribution in [3.63, 3.8) is 0 Å². The summed E-state index contributed by atoms with van der Waals surface area (Å²) < 4.78 is 54.2. The molecular formula is C9H16F3NO2S. The van der Waals surface area contributed by atoms with E-state index in [-0.39, 0.29) is 11.4 Å². The van der Waals surface area contributed by atoms with Crippen LogP contribution in [0.5, 0.6) is 0 Å². The summed E-state index contributed by atoms with van der Waals surface area (Å²) in [5.41, 5.74) is 5.05. The van der Waals surface area contributed by atoms with Crippen LogP contribution in [0.2, 0.25) is 0 Å². The summed E-state index contributed by atoms with van der Waals surface area (Å²) in [5.74, 6) is -2.10. The van der Waals surface area contributed by atoms with E-state index >= 15 is 0 Å². The van der Waals surface area contributed by atoms with E-state index in [4.69, 9.17) is 10.5 Å². The number of hydrogen-bond acceptors (Lipinski definition) is 3. The van der Waals surface area contributed by atoms with Crippen molar-refractivity contribution in [2.75, 3.05) is 18.9 Å². The first kappa shape index (κ1) is 13.9. The Balaban J connectivity index is 2.55. The topological polar surface area (TPSA) is 52.3 Å². The van der Waals surface area contributed by atoms with Crippen molar-refractivity contribution < 1.29 is 22.1 Å². The molecule has 1 aliphatic rings. The van der Waals surface area contributed by atoms with Gasteiger partial charge in [-0.15, -0.1) is 0 Å². The van der Waals surface area contributed by atoms with Crippen LogP contribution in [0, 0.1) is 5.92 Å². The molecule has 1 rings (SSSR count). The fourth-order valence-electron chi connectivity index (χ4n) is 1.68. The summed E-state index contributed by atoms with van der Waals surface area (Å²) in [6.45, 7) is 1.69. The van der Waals surface area contributed by atoms with Gasteiger partial charge in [0.15, 0.2) is 0 Å². The molecule has 1 aliphatic heterocycles. The first-order valence-corrected chi connectivity index (χ1v) is 6.50. The van der Waals surface area contributed by atoms with Gasteiger partial charge in [0, 0.05) is 29.7 Å². The van der Waals surface area contributed by atoms with E-state index in [1.165, 1.54) is 0 Å². The summed E-state index contributed by atoms with van der Waals surface area (Å²) >= 11 is 0. The van der Waals surface area contributed by atoms with Crippen molar-refractivity contribution in [2.24, 2.45) is 11.7 Å². The maximum atomic E-state index is 12.4. The van der Waals surface area contributed by atoms with E-state index in [9.17, 15) is 17.4 Å². The first-order valence-electron chi connectivity index (χ1n) is 5.11. The molecule has 0 aromatic heterocycles. The molecule has 2 N–H and O–H groups in total. The predicted octanol–water partition coefficient (Wildman–Crippen LogP) is 1.05. The fraction of sp³-hybridized carbons (Fsp3) is 1.00. The Hall–Kier alpha value is -0.140. The molecule has 0 aromatic carbocycles. The molecule has 0 saturated carbocycles. The molecule has 4 atom stereocenters. The number of halogens is 3. The monoisotopic (exact) mass is 259 g/mol. The molecule has 0 amide bonds. The highest BCUT2D eigenvalue weighted by Gasteiger charge is 2.41. The number of alkyl halides is 3. The van der Waals surface area contributed by atoms with Crippen LogP contribution in [0.15, 0.2) is 0 Å². The molecule has 4 unspecified atom stereocenters. The second-order valence-electron chi connectivity index (χ2n) is 3.92. The zero-order valence-electron chi connectivity index (χ0n) is 9.00. The van der Waals surface area contributed by atoms with E-state index in [0.717, 1.165) is 0 Å². The SMILES string of the molecule is CC1OCCC1S(=O)CC(CN)C(F)(F)F. The highest BCUT2D eigenvalue weighted by molar-refractivity contribution is 7.85. The zero-order valence-corrected chi connectivity index (χ0v) is 9.81. The molecule has 96 valence electrons. The van der Waals surface area contributed by atoms with E-state index in [2.05, 4.69) is 0 Å². The van der Waals surface area contributed by atoms with Crippen LogP contribution in [-0.2, 0) is 15.5 Å². The van der Waals surface area contributed by atoms with Gasteiger partial charge in [-0.25, -0.2) is 0 Å². The Kier molecular flexibility index (Phi) is 4.75. The van der Waals surface area contributed by atoms with Gasteiger partial charge >= 0.3 is 6.18 Å². The lowest BCUT2D eigenvalue weighted by Crippen LogP contribution is -2.37. The van der Waals surface area contributed by atoms with E-state index < -0.39 is 35.2 Å². The fourth-order valence-corrected chi connectivity index (χ4v) is 3.51. The third kappa shape index (κ3) is 3.43. The van der Waals surface area contributed by atoms with E-state index in [1.54, 1.807) is 6.92 Å². The van der Waals surface area contributed by atoms with Gasteiger partial charge in [0.2, 0.25) is 0 Å². The Morgan fingerprint density at radius 2 is 2.19 bits per heavy atom. The Morgan fingerprint density at radius 1 is 1.56 bits per heavy atom. The van der Waals surface area contributed by atoms with Crippen LogP contribution in [-0.4, -0.2) is 40.6 Å². The van der Waals surface area contributed by atoms with Gasteiger partial charge in [-0.3, -0.25) is 4.21 Å². The lowest BCUT2D eigenvalue weighted by Gasteiger charge is -2.21. The largest absolute Gasteiger partial charge is 0.393 e. The maximum absolute atomic E-state index is 12.4. The Morgan fingerprint density at radius 3 is 2.56 bits per heavy atom. The highest BCUT2D eigenvalue weighted by atomic mass is 32.2. The van der Waals surface area contributed by atoms with Crippen LogP contribution in [0.1, 0.15) is 13.3 Å². The number of hydrogen-bond donors (Lipinski definition) is 1. The molecule has 1 saturated heterocycles. The minimum absolute atomic E-state index is 0.229. The minimum atomic E-state index is -4.37. The van der Waals surface area contributed by atoms with Gasteiger partial charge in [0.05, 0.1) is 17.3 Å². The summed E-state index contributed by atoms with van der Waals surface area (Å²) in [6, 6.07) is 0. The lowest BCUT2D eigenvalue weighted by atomic mass is 10.2. The molecule has 0 spiro atoms. The van der Waals surface area contributed by atoms with Gasteiger partial charge < -0.3 is 10.5 Å². The number of nitrogens with two attached hydrogens (primary N) is 1. The van der Waals surface area contributed by atoms with Gasteiger partial charge in [-0.05, 0) is 13.3 Å². The van der Waals surface area contributed by atoms with Gasteiger partial charge in [-0.1, -0.05) is 0 Å². The van der Waals surface area contributed by atoms with Crippen molar-refractivity contribution >= 4 is 10.8 Å².